The zero-order chi connectivity index (χ0) is 12.3. The minimum Gasteiger partial charge on any atom is -0.465 e. The number of aromatic nitrogens is 2. The number of carbonyl (C=O) groups excluding carboxylic acids is 1. The number of thiazole rings is 1. The molecule has 2 rings (SSSR count). The Hall–Kier alpha value is -1.60. The molecule has 0 amide bonds. The van der Waals surface area contributed by atoms with Gasteiger partial charge in [-0.05, 0) is 17.8 Å². The standard InChI is InChI=1S/C10H9N3O2S2/c1-15-9(14)7-4-6(11)5-13-8(7)17-10-12-2-3-16-10/h2-5H,11H2,1H3. The van der Waals surface area contributed by atoms with Gasteiger partial charge in [-0.2, -0.15) is 0 Å². The average Bonchev–Trinajstić information content (AvgIpc) is 2.83. The number of pyridine rings is 1. The molecule has 0 radical (unpaired) electrons. The highest BCUT2D eigenvalue weighted by Gasteiger charge is 2.15. The molecule has 0 unspecified atom stereocenters. The van der Waals surface area contributed by atoms with Crippen LogP contribution in [0.1, 0.15) is 10.4 Å². The van der Waals surface area contributed by atoms with Crippen molar-refractivity contribution in [3.05, 3.63) is 29.4 Å². The molecule has 17 heavy (non-hydrogen) atoms. The molecule has 0 fully saturated rings. The molecule has 0 saturated heterocycles. The average molecular weight is 267 g/mol. The molecule has 7 heteroatoms. The fraction of sp³-hybridized carbons (Fsp3) is 0.100. The molecular weight excluding hydrogens is 258 g/mol. The summed E-state index contributed by atoms with van der Waals surface area (Å²) in [4.78, 5) is 19.8. The van der Waals surface area contributed by atoms with Crippen LogP contribution in [0.15, 0.2) is 33.2 Å². The number of methoxy groups -OCH3 is 1. The van der Waals surface area contributed by atoms with Crippen LogP contribution < -0.4 is 5.73 Å². The van der Waals surface area contributed by atoms with Crippen molar-refractivity contribution in [2.24, 2.45) is 0 Å². The largest absolute Gasteiger partial charge is 0.465 e. The van der Waals surface area contributed by atoms with E-state index in [1.54, 1.807) is 12.3 Å². The maximum absolute atomic E-state index is 11.6. The number of esters is 1. The summed E-state index contributed by atoms with van der Waals surface area (Å²) in [7, 11) is 1.32. The van der Waals surface area contributed by atoms with Gasteiger partial charge in [-0.3, -0.25) is 0 Å². The van der Waals surface area contributed by atoms with E-state index < -0.39 is 5.97 Å². The van der Waals surface area contributed by atoms with Gasteiger partial charge in [0.2, 0.25) is 0 Å². The van der Waals surface area contributed by atoms with Gasteiger partial charge < -0.3 is 10.5 Å². The van der Waals surface area contributed by atoms with Crippen molar-refractivity contribution in [2.45, 2.75) is 9.37 Å². The summed E-state index contributed by atoms with van der Waals surface area (Å²) < 4.78 is 5.50. The van der Waals surface area contributed by atoms with Crippen LogP contribution in [0.4, 0.5) is 5.69 Å². The highest BCUT2D eigenvalue weighted by Crippen LogP contribution is 2.31. The Labute approximate surface area is 106 Å². The van der Waals surface area contributed by atoms with Gasteiger partial charge in [0.25, 0.3) is 0 Å². The molecule has 2 aromatic rings. The van der Waals surface area contributed by atoms with E-state index in [4.69, 9.17) is 5.73 Å². The van der Waals surface area contributed by atoms with E-state index in [1.807, 2.05) is 5.38 Å². The van der Waals surface area contributed by atoms with E-state index >= 15 is 0 Å². The normalized spacial score (nSPS) is 10.2. The van der Waals surface area contributed by atoms with Gasteiger partial charge in [-0.25, -0.2) is 14.8 Å². The number of carbonyl (C=O) groups is 1. The van der Waals surface area contributed by atoms with Gasteiger partial charge in [0, 0.05) is 11.6 Å². The van der Waals surface area contributed by atoms with Gasteiger partial charge >= 0.3 is 5.97 Å². The molecule has 2 heterocycles. The van der Waals surface area contributed by atoms with Crippen LogP contribution in [0.3, 0.4) is 0 Å². The molecular formula is C10H9N3O2S2. The second-order valence-electron chi connectivity index (χ2n) is 3.01. The third-order valence-electron chi connectivity index (χ3n) is 1.87. The molecule has 0 atom stereocenters. The van der Waals surface area contributed by atoms with Crippen LogP contribution in [0.2, 0.25) is 0 Å². The first-order valence-electron chi connectivity index (χ1n) is 4.62. The number of rotatable bonds is 3. The van der Waals surface area contributed by atoms with E-state index in [0.717, 1.165) is 4.34 Å². The highest BCUT2D eigenvalue weighted by atomic mass is 32.2. The maximum atomic E-state index is 11.6. The topological polar surface area (TPSA) is 78.1 Å². The number of ether oxygens (including phenoxy) is 1. The fourth-order valence-corrected chi connectivity index (χ4v) is 2.74. The van der Waals surface area contributed by atoms with Crippen molar-refractivity contribution >= 4 is 34.8 Å². The predicted molar refractivity (Wildman–Crippen MR) is 66.2 cm³/mol. The number of anilines is 1. The van der Waals surface area contributed by atoms with Crippen LogP contribution in [0.25, 0.3) is 0 Å². The van der Waals surface area contributed by atoms with Crippen molar-refractivity contribution in [3.63, 3.8) is 0 Å². The number of nitrogens with two attached hydrogens (primary N) is 1. The van der Waals surface area contributed by atoms with E-state index in [2.05, 4.69) is 14.7 Å². The molecule has 0 saturated carbocycles. The smallest absolute Gasteiger partial charge is 0.340 e. The number of hydrogen-bond acceptors (Lipinski definition) is 7. The Balaban J connectivity index is 2.35. The minimum absolute atomic E-state index is 0.354. The maximum Gasteiger partial charge on any atom is 0.340 e. The van der Waals surface area contributed by atoms with Crippen LogP contribution in [0, 0.1) is 0 Å². The first-order chi connectivity index (χ1) is 8.20. The Morgan fingerprint density at radius 2 is 2.35 bits per heavy atom. The van der Waals surface area contributed by atoms with E-state index in [9.17, 15) is 4.79 Å². The third-order valence-corrected chi connectivity index (χ3v) is 3.77. The SMILES string of the molecule is COC(=O)c1cc(N)cnc1Sc1nccs1. The highest BCUT2D eigenvalue weighted by molar-refractivity contribution is 8.01. The zero-order valence-electron chi connectivity index (χ0n) is 8.91. The summed E-state index contributed by atoms with van der Waals surface area (Å²) in [6.45, 7) is 0. The van der Waals surface area contributed by atoms with Gasteiger partial charge in [0.15, 0.2) is 4.34 Å². The fourth-order valence-electron chi connectivity index (χ4n) is 1.15. The van der Waals surface area contributed by atoms with Gasteiger partial charge in [-0.1, -0.05) is 0 Å². The van der Waals surface area contributed by atoms with Gasteiger partial charge in [0.1, 0.15) is 5.03 Å². The Morgan fingerprint density at radius 1 is 1.53 bits per heavy atom. The van der Waals surface area contributed by atoms with Crippen molar-refractivity contribution < 1.29 is 9.53 Å². The van der Waals surface area contributed by atoms with Crippen molar-refractivity contribution in [2.75, 3.05) is 12.8 Å². The van der Waals surface area contributed by atoms with Crippen molar-refractivity contribution in [1.29, 1.82) is 0 Å². The molecule has 2 N–H and O–H groups in total. The Morgan fingerprint density at radius 3 is 3.00 bits per heavy atom. The second-order valence-corrected chi connectivity index (χ2v) is 5.14. The third kappa shape index (κ3) is 2.75. The number of hydrogen-bond donors (Lipinski definition) is 1. The lowest BCUT2D eigenvalue weighted by Crippen LogP contribution is -2.05. The first-order valence-corrected chi connectivity index (χ1v) is 6.31. The van der Waals surface area contributed by atoms with Crippen LogP contribution >= 0.6 is 23.1 Å². The summed E-state index contributed by atoms with van der Waals surface area (Å²) in [5.41, 5.74) is 6.38. The first kappa shape index (κ1) is 11.9. The molecule has 5 nitrogen and oxygen atoms in total. The molecule has 88 valence electrons. The number of nitrogen functional groups attached to an aromatic ring is 1. The summed E-state index contributed by atoms with van der Waals surface area (Å²) >= 11 is 2.79. The van der Waals surface area contributed by atoms with Crippen molar-refractivity contribution in [3.8, 4) is 0 Å². The summed E-state index contributed by atoms with van der Waals surface area (Å²) in [6.07, 6.45) is 3.20. The van der Waals surface area contributed by atoms with E-state index in [0.29, 0.717) is 16.3 Å². The van der Waals surface area contributed by atoms with E-state index in [-0.39, 0.29) is 0 Å². The molecule has 2 aromatic heterocycles. The van der Waals surface area contributed by atoms with Crippen molar-refractivity contribution in [1.82, 2.24) is 9.97 Å². The molecule has 0 bridgehead atoms. The molecule has 0 aliphatic heterocycles. The Kier molecular flexibility index (Phi) is 3.60. The molecule has 0 aromatic carbocycles. The van der Waals surface area contributed by atoms with Crippen LogP contribution in [0.5, 0.6) is 0 Å². The molecule has 0 aliphatic carbocycles. The second kappa shape index (κ2) is 5.15. The summed E-state index contributed by atoms with van der Waals surface area (Å²) in [6, 6.07) is 1.55. The summed E-state index contributed by atoms with van der Waals surface area (Å²) in [5, 5.41) is 2.40. The zero-order valence-corrected chi connectivity index (χ0v) is 10.5. The molecule has 0 spiro atoms. The Bertz CT molecular complexity index is 528. The lowest BCUT2D eigenvalue weighted by molar-refractivity contribution is 0.0596. The minimum atomic E-state index is -0.455. The summed E-state index contributed by atoms with van der Waals surface area (Å²) in [5.74, 6) is -0.455. The van der Waals surface area contributed by atoms with Gasteiger partial charge in [0.05, 0.1) is 24.6 Å². The lowest BCUT2D eigenvalue weighted by atomic mass is 10.3. The predicted octanol–water partition coefficient (Wildman–Crippen LogP) is 2.06. The lowest BCUT2D eigenvalue weighted by Gasteiger charge is -2.05. The number of nitrogens with zero attached hydrogens (tertiary/aromatic N) is 2. The molecule has 0 aliphatic rings. The van der Waals surface area contributed by atoms with Crippen LogP contribution in [-0.4, -0.2) is 23.0 Å². The monoisotopic (exact) mass is 267 g/mol. The van der Waals surface area contributed by atoms with Gasteiger partial charge in [-0.15, -0.1) is 11.3 Å². The van der Waals surface area contributed by atoms with Crippen LogP contribution in [-0.2, 0) is 4.74 Å². The quantitative estimate of drug-likeness (QED) is 0.858. The van der Waals surface area contributed by atoms with E-state index in [1.165, 1.54) is 36.4 Å².